The van der Waals surface area contributed by atoms with Crippen molar-refractivity contribution in [2.24, 2.45) is 0 Å². The molecule has 1 rings (SSSR count). The molecule has 0 spiro atoms. The predicted octanol–water partition coefficient (Wildman–Crippen LogP) is 2.13. The first-order chi connectivity index (χ1) is 8.17. The topological polar surface area (TPSA) is 28.2 Å². The van der Waals surface area contributed by atoms with Gasteiger partial charge in [0.05, 0.1) is 0 Å². The predicted molar refractivity (Wildman–Crippen MR) is 73.2 cm³/mol. The quantitative estimate of drug-likeness (QED) is 0.734. The maximum atomic E-state index is 4.47. The molecular formula is C14H25N3. The number of aryl methyl sites for hydroxylation is 2. The van der Waals surface area contributed by atoms with E-state index in [9.17, 15) is 0 Å². The summed E-state index contributed by atoms with van der Waals surface area (Å²) in [5.41, 5.74) is 3.53. The monoisotopic (exact) mass is 235 g/mol. The van der Waals surface area contributed by atoms with E-state index in [1.807, 2.05) is 6.92 Å². The molecule has 0 aliphatic carbocycles. The van der Waals surface area contributed by atoms with Crippen LogP contribution >= 0.6 is 0 Å². The van der Waals surface area contributed by atoms with Crippen molar-refractivity contribution in [1.82, 2.24) is 15.2 Å². The van der Waals surface area contributed by atoms with Crippen molar-refractivity contribution in [3.8, 4) is 0 Å². The molecule has 0 amide bonds. The molecule has 1 N–H and O–H groups in total. The van der Waals surface area contributed by atoms with Crippen molar-refractivity contribution in [3.63, 3.8) is 0 Å². The van der Waals surface area contributed by atoms with Crippen LogP contribution in [0.4, 0.5) is 0 Å². The number of rotatable bonds is 7. The van der Waals surface area contributed by atoms with Gasteiger partial charge in [-0.2, -0.15) is 0 Å². The highest BCUT2D eigenvalue weighted by atomic mass is 15.1. The van der Waals surface area contributed by atoms with Crippen LogP contribution in [0.2, 0.25) is 0 Å². The molecule has 1 aromatic rings. The molecule has 3 nitrogen and oxygen atoms in total. The maximum Gasteiger partial charge on any atom is 0.0420 e. The largest absolute Gasteiger partial charge is 0.311 e. The Bertz CT molecular complexity index is 332. The zero-order valence-corrected chi connectivity index (χ0v) is 11.6. The molecule has 0 aromatic carbocycles. The lowest BCUT2D eigenvalue weighted by Crippen LogP contribution is -2.31. The van der Waals surface area contributed by atoms with E-state index in [0.717, 1.165) is 44.1 Å². The van der Waals surface area contributed by atoms with Gasteiger partial charge in [0, 0.05) is 31.0 Å². The van der Waals surface area contributed by atoms with Gasteiger partial charge in [-0.15, -0.1) is 0 Å². The average molecular weight is 235 g/mol. The molecule has 17 heavy (non-hydrogen) atoms. The van der Waals surface area contributed by atoms with Crippen LogP contribution in [0.5, 0.6) is 0 Å². The van der Waals surface area contributed by atoms with Crippen LogP contribution < -0.4 is 5.32 Å². The van der Waals surface area contributed by atoms with Gasteiger partial charge >= 0.3 is 0 Å². The molecular weight excluding hydrogens is 210 g/mol. The first-order valence-corrected chi connectivity index (χ1v) is 6.53. The lowest BCUT2D eigenvalue weighted by atomic mass is 10.2. The highest BCUT2D eigenvalue weighted by Crippen LogP contribution is 2.05. The maximum absolute atomic E-state index is 4.47. The molecule has 3 heteroatoms. The minimum absolute atomic E-state index is 0.917. The summed E-state index contributed by atoms with van der Waals surface area (Å²) < 4.78 is 0. The molecule has 0 aliphatic heterocycles. The minimum atomic E-state index is 0.917. The Balaban J connectivity index is 2.31. The fourth-order valence-corrected chi connectivity index (χ4v) is 1.90. The van der Waals surface area contributed by atoms with Crippen molar-refractivity contribution >= 4 is 0 Å². The minimum Gasteiger partial charge on any atom is -0.311 e. The number of nitrogens with zero attached hydrogens (tertiary/aromatic N) is 2. The number of hydrogen-bond donors (Lipinski definition) is 1. The van der Waals surface area contributed by atoms with Crippen LogP contribution in [-0.4, -0.2) is 36.1 Å². The molecule has 0 unspecified atom stereocenters. The summed E-state index contributed by atoms with van der Waals surface area (Å²) in [6, 6.07) is 4.25. The third-order valence-electron chi connectivity index (χ3n) is 3.15. The van der Waals surface area contributed by atoms with Crippen molar-refractivity contribution in [2.45, 2.75) is 34.2 Å². The second-order valence-electron chi connectivity index (χ2n) is 4.40. The van der Waals surface area contributed by atoms with Gasteiger partial charge in [-0.3, -0.25) is 4.98 Å². The second-order valence-corrected chi connectivity index (χ2v) is 4.40. The van der Waals surface area contributed by atoms with Gasteiger partial charge in [0.1, 0.15) is 0 Å². The van der Waals surface area contributed by atoms with Crippen molar-refractivity contribution < 1.29 is 0 Å². The van der Waals surface area contributed by atoms with Crippen molar-refractivity contribution in [1.29, 1.82) is 0 Å². The van der Waals surface area contributed by atoms with E-state index >= 15 is 0 Å². The Hall–Kier alpha value is -0.930. The summed E-state index contributed by atoms with van der Waals surface area (Å²) in [5.74, 6) is 0. The van der Waals surface area contributed by atoms with Crippen LogP contribution in [0.15, 0.2) is 12.1 Å². The average Bonchev–Trinajstić information content (AvgIpc) is 2.32. The molecule has 0 aliphatic rings. The smallest absolute Gasteiger partial charge is 0.0420 e. The summed E-state index contributed by atoms with van der Waals surface area (Å²) in [6.45, 7) is 13.8. The van der Waals surface area contributed by atoms with E-state index in [2.05, 4.69) is 48.1 Å². The fraction of sp³-hybridized carbons (Fsp3) is 0.643. The van der Waals surface area contributed by atoms with Gasteiger partial charge in [-0.25, -0.2) is 0 Å². The number of aromatic nitrogens is 1. The van der Waals surface area contributed by atoms with E-state index in [-0.39, 0.29) is 0 Å². The zero-order chi connectivity index (χ0) is 12.7. The van der Waals surface area contributed by atoms with Crippen LogP contribution in [0.3, 0.4) is 0 Å². The Morgan fingerprint density at radius 2 is 1.88 bits per heavy atom. The number of likely N-dealkylation sites (N-methyl/N-ethyl adjacent to an activating group) is 1. The molecule has 0 fully saturated rings. The van der Waals surface area contributed by atoms with Gasteiger partial charge in [0.2, 0.25) is 0 Å². The van der Waals surface area contributed by atoms with Crippen LogP contribution in [0.1, 0.15) is 30.8 Å². The van der Waals surface area contributed by atoms with E-state index in [1.165, 1.54) is 5.56 Å². The van der Waals surface area contributed by atoms with Crippen molar-refractivity contribution in [2.75, 3.05) is 26.2 Å². The van der Waals surface area contributed by atoms with E-state index < -0.39 is 0 Å². The Morgan fingerprint density at radius 3 is 2.47 bits per heavy atom. The molecule has 0 radical (unpaired) electrons. The molecule has 96 valence electrons. The number of pyridine rings is 1. The molecule has 1 heterocycles. The normalized spacial score (nSPS) is 11.1. The van der Waals surface area contributed by atoms with E-state index in [4.69, 9.17) is 0 Å². The summed E-state index contributed by atoms with van der Waals surface area (Å²) in [7, 11) is 0. The molecule has 1 aromatic heterocycles. The zero-order valence-electron chi connectivity index (χ0n) is 11.6. The molecule has 0 atom stereocenters. The molecule has 0 bridgehead atoms. The molecule has 0 saturated heterocycles. The first-order valence-electron chi connectivity index (χ1n) is 6.53. The van der Waals surface area contributed by atoms with Crippen LogP contribution in [0, 0.1) is 13.8 Å². The van der Waals surface area contributed by atoms with Gasteiger partial charge in [0.15, 0.2) is 0 Å². The highest BCUT2D eigenvalue weighted by molar-refractivity contribution is 5.21. The van der Waals surface area contributed by atoms with Gasteiger partial charge < -0.3 is 10.2 Å². The van der Waals surface area contributed by atoms with Crippen LogP contribution in [-0.2, 0) is 6.54 Å². The van der Waals surface area contributed by atoms with Crippen LogP contribution in [0.25, 0.3) is 0 Å². The SMILES string of the molecule is CCN(CC)CCNCc1ccc(C)nc1C. The lowest BCUT2D eigenvalue weighted by Gasteiger charge is -2.18. The summed E-state index contributed by atoms with van der Waals surface area (Å²) in [6.07, 6.45) is 0. The Morgan fingerprint density at radius 1 is 1.18 bits per heavy atom. The van der Waals surface area contributed by atoms with E-state index in [0.29, 0.717) is 0 Å². The summed E-state index contributed by atoms with van der Waals surface area (Å²) >= 11 is 0. The van der Waals surface area contributed by atoms with Gasteiger partial charge in [-0.1, -0.05) is 19.9 Å². The Labute approximate surface area is 105 Å². The highest BCUT2D eigenvalue weighted by Gasteiger charge is 2.01. The third-order valence-corrected chi connectivity index (χ3v) is 3.15. The van der Waals surface area contributed by atoms with E-state index in [1.54, 1.807) is 0 Å². The standard InChI is InChI=1S/C14H25N3/c1-5-17(6-2)10-9-15-11-14-8-7-12(3)16-13(14)4/h7-8,15H,5-6,9-11H2,1-4H3. The Kier molecular flexibility index (Phi) is 6.16. The molecule has 0 saturated carbocycles. The fourth-order valence-electron chi connectivity index (χ4n) is 1.90. The number of nitrogens with one attached hydrogen (secondary N) is 1. The van der Waals surface area contributed by atoms with Gasteiger partial charge in [-0.05, 0) is 38.6 Å². The lowest BCUT2D eigenvalue weighted by molar-refractivity contribution is 0.302. The summed E-state index contributed by atoms with van der Waals surface area (Å²) in [4.78, 5) is 6.89. The first kappa shape index (κ1) is 14.1. The second kappa shape index (κ2) is 7.41. The number of hydrogen-bond acceptors (Lipinski definition) is 3. The van der Waals surface area contributed by atoms with Crippen molar-refractivity contribution in [3.05, 3.63) is 29.1 Å². The third kappa shape index (κ3) is 4.84. The van der Waals surface area contributed by atoms with Gasteiger partial charge in [0.25, 0.3) is 0 Å². The summed E-state index contributed by atoms with van der Waals surface area (Å²) in [5, 5.41) is 3.48.